The molecule has 0 radical (unpaired) electrons. The highest BCUT2D eigenvalue weighted by molar-refractivity contribution is 5.81. The number of carbonyl (C=O) groups is 1. The van der Waals surface area contributed by atoms with Gasteiger partial charge in [0.05, 0.1) is 18.9 Å². The summed E-state index contributed by atoms with van der Waals surface area (Å²) in [6.45, 7) is 2.47. The van der Waals surface area contributed by atoms with Gasteiger partial charge in [-0.2, -0.15) is 5.10 Å². The second kappa shape index (κ2) is 5.79. The summed E-state index contributed by atoms with van der Waals surface area (Å²) in [6, 6.07) is 1.74. The average Bonchev–Trinajstić information content (AvgIpc) is 2.76. The fraction of sp³-hybridized carbons (Fsp3) is 0.636. The van der Waals surface area contributed by atoms with E-state index in [9.17, 15) is 4.79 Å². The Morgan fingerprint density at radius 2 is 2.65 bits per heavy atom. The molecule has 0 aliphatic carbocycles. The van der Waals surface area contributed by atoms with E-state index in [1.54, 1.807) is 4.68 Å². The minimum atomic E-state index is -0.215. The zero-order valence-corrected chi connectivity index (χ0v) is 9.98. The first kappa shape index (κ1) is 12.1. The Kier molecular flexibility index (Phi) is 4.11. The lowest BCUT2D eigenvalue weighted by Gasteiger charge is -2.22. The van der Waals surface area contributed by atoms with Gasteiger partial charge in [-0.25, -0.2) is 0 Å². The predicted molar refractivity (Wildman–Crippen MR) is 62.5 cm³/mol. The third-order valence-electron chi connectivity index (χ3n) is 2.69. The van der Waals surface area contributed by atoms with E-state index in [4.69, 9.17) is 4.74 Å². The fourth-order valence-electron chi connectivity index (χ4n) is 1.77. The Morgan fingerprint density at radius 3 is 3.29 bits per heavy atom. The first-order valence-electron chi connectivity index (χ1n) is 5.83. The van der Waals surface area contributed by atoms with E-state index in [0.29, 0.717) is 19.8 Å². The molecule has 1 amide bonds. The second-order valence-corrected chi connectivity index (χ2v) is 4.10. The van der Waals surface area contributed by atoms with Gasteiger partial charge in [0.2, 0.25) is 5.91 Å². The van der Waals surface area contributed by atoms with Crippen LogP contribution in [0.4, 0.5) is 0 Å². The number of carbonyl (C=O) groups excluding carboxylic acids is 1. The van der Waals surface area contributed by atoms with Crippen LogP contribution >= 0.6 is 0 Å². The molecule has 1 fully saturated rings. The molecule has 2 heterocycles. The van der Waals surface area contributed by atoms with Gasteiger partial charge in [0.25, 0.3) is 0 Å². The largest absolute Gasteiger partial charge is 0.378 e. The van der Waals surface area contributed by atoms with E-state index in [1.165, 1.54) is 0 Å². The van der Waals surface area contributed by atoms with E-state index < -0.39 is 0 Å². The third-order valence-corrected chi connectivity index (χ3v) is 2.69. The number of aromatic nitrogens is 2. The zero-order chi connectivity index (χ0) is 12.1. The molecule has 1 aromatic rings. The Balaban J connectivity index is 1.69. The van der Waals surface area contributed by atoms with Crippen molar-refractivity contribution in [2.45, 2.75) is 12.5 Å². The lowest BCUT2D eigenvalue weighted by molar-refractivity contribution is -0.125. The number of ether oxygens (including phenoxy) is 1. The van der Waals surface area contributed by atoms with Gasteiger partial charge in [-0.05, 0) is 6.07 Å². The van der Waals surface area contributed by atoms with Gasteiger partial charge >= 0.3 is 0 Å². The maximum Gasteiger partial charge on any atom is 0.239 e. The molecule has 1 atom stereocenters. The molecule has 2 rings (SSSR count). The lowest BCUT2D eigenvalue weighted by atomic mass is 10.2. The Labute approximate surface area is 100 Å². The number of nitrogens with one attached hydrogen (secondary N) is 2. The highest BCUT2D eigenvalue weighted by atomic mass is 16.5. The summed E-state index contributed by atoms with van der Waals surface area (Å²) >= 11 is 0. The van der Waals surface area contributed by atoms with Gasteiger partial charge in [-0.1, -0.05) is 0 Å². The molecule has 0 aromatic carbocycles. The van der Waals surface area contributed by atoms with Crippen molar-refractivity contribution in [1.82, 2.24) is 20.4 Å². The molecule has 2 N–H and O–H groups in total. The molecule has 94 valence electrons. The lowest BCUT2D eigenvalue weighted by Crippen LogP contribution is -2.51. The first-order chi connectivity index (χ1) is 8.25. The van der Waals surface area contributed by atoms with Crippen LogP contribution < -0.4 is 10.6 Å². The fourth-order valence-corrected chi connectivity index (χ4v) is 1.77. The molecule has 0 saturated carbocycles. The first-order valence-corrected chi connectivity index (χ1v) is 5.83. The van der Waals surface area contributed by atoms with Crippen LogP contribution in [0, 0.1) is 0 Å². The molecule has 17 heavy (non-hydrogen) atoms. The van der Waals surface area contributed by atoms with Gasteiger partial charge < -0.3 is 15.4 Å². The van der Waals surface area contributed by atoms with Crippen LogP contribution in [0.25, 0.3) is 0 Å². The van der Waals surface area contributed by atoms with Crippen molar-refractivity contribution in [3.63, 3.8) is 0 Å². The van der Waals surface area contributed by atoms with Gasteiger partial charge in [-0.15, -0.1) is 0 Å². The number of morpholine rings is 1. The topological polar surface area (TPSA) is 68.2 Å². The molecule has 0 spiro atoms. The predicted octanol–water partition coefficient (Wildman–Crippen LogP) is -0.933. The van der Waals surface area contributed by atoms with E-state index in [2.05, 4.69) is 15.7 Å². The molecule has 1 aliphatic rings. The monoisotopic (exact) mass is 238 g/mol. The standard InChI is InChI=1S/C11H18N4O2/c1-15-6-3-9(14-15)2-4-13-11(16)10-8-17-7-5-12-10/h3,6,10,12H,2,4-5,7-8H2,1H3,(H,13,16). The molecule has 1 aliphatic heterocycles. The molecule has 1 unspecified atom stereocenters. The Morgan fingerprint density at radius 1 is 1.76 bits per heavy atom. The molecule has 1 saturated heterocycles. The number of hydrogen-bond acceptors (Lipinski definition) is 4. The van der Waals surface area contributed by atoms with Crippen molar-refractivity contribution in [3.05, 3.63) is 18.0 Å². The van der Waals surface area contributed by atoms with E-state index in [1.807, 2.05) is 19.3 Å². The average molecular weight is 238 g/mol. The molecular weight excluding hydrogens is 220 g/mol. The van der Waals surface area contributed by atoms with Gasteiger partial charge in [0, 0.05) is 32.8 Å². The van der Waals surface area contributed by atoms with Crippen molar-refractivity contribution < 1.29 is 9.53 Å². The zero-order valence-electron chi connectivity index (χ0n) is 9.98. The quantitative estimate of drug-likeness (QED) is 0.711. The summed E-state index contributed by atoms with van der Waals surface area (Å²) in [7, 11) is 1.88. The van der Waals surface area contributed by atoms with Crippen LogP contribution in [0.3, 0.4) is 0 Å². The van der Waals surface area contributed by atoms with Crippen molar-refractivity contribution in [2.24, 2.45) is 7.05 Å². The number of hydrogen-bond donors (Lipinski definition) is 2. The molecule has 1 aromatic heterocycles. The normalized spacial score (nSPS) is 20.2. The van der Waals surface area contributed by atoms with E-state index in [-0.39, 0.29) is 11.9 Å². The number of aryl methyl sites for hydroxylation is 1. The van der Waals surface area contributed by atoms with Gasteiger partial charge in [0.1, 0.15) is 6.04 Å². The number of amides is 1. The van der Waals surface area contributed by atoms with Gasteiger partial charge in [0.15, 0.2) is 0 Å². The summed E-state index contributed by atoms with van der Waals surface area (Å²) in [4.78, 5) is 11.7. The Bertz CT molecular complexity index is 371. The third kappa shape index (κ3) is 3.54. The Hall–Kier alpha value is -1.40. The SMILES string of the molecule is Cn1ccc(CCNC(=O)C2COCCN2)n1. The van der Waals surface area contributed by atoms with Crippen LogP contribution in [0.15, 0.2) is 12.3 Å². The molecule has 6 nitrogen and oxygen atoms in total. The van der Waals surface area contributed by atoms with E-state index >= 15 is 0 Å². The highest BCUT2D eigenvalue weighted by Gasteiger charge is 2.20. The van der Waals surface area contributed by atoms with Crippen molar-refractivity contribution in [1.29, 1.82) is 0 Å². The highest BCUT2D eigenvalue weighted by Crippen LogP contribution is 1.96. The summed E-state index contributed by atoms with van der Waals surface area (Å²) in [5.41, 5.74) is 0.987. The van der Waals surface area contributed by atoms with Crippen LogP contribution in [0.2, 0.25) is 0 Å². The van der Waals surface area contributed by atoms with Crippen molar-refractivity contribution in [2.75, 3.05) is 26.3 Å². The summed E-state index contributed by atoms with van der Waals surface area (Å²) < 4.78 is 6.99. The van der Waals surface area contributed by atoms with Crippen LogP contribution in [-0.2, 0) is 23.0 Å². The summed E-state index contributed by atoms with van der Waals surface area (Å²) in [5, 5.41) is 10.2. The van der Waals surface area contributed by atoms with Crippen molar-refractivity contribution >= 4 is 5.91 Å². The smallest absolute Gasteiger partial charge is 0.239 e. The maximum atomic E-state index is 11.7. The minimum Gasteiger partial charge on any atom is -0.378 e. The van der Waals surface area contributed by atoms with Crippen LogP contribution in [0.5, 0.6) is 0 Å². The van der Waals surface area contributed by atoms with Crippen molar-refractivity contribution in [3.8, 4) is 0 Å². The second-order valence-electron chi connectivity index (χ2n) is 4.10. The van der Waals surface area contributed by atoms with Crippen LogP contribution in [0.1, 0.15) is 5.69 Å². The van der Waals surface area contributed by atoms with Gasteiger partial charge in [-0.3, -0.25) is 9.48 Å². The molecular formula is C11H18N4O2. The number of nitrogens with zero attached hydrogens (tertiary/aromatic N) is 2. The number of rotatable bonds is 4. The molecule has 6 heteroatoms. The molecule has 0 bridgehead atoms. The summed E-state index contributed by atoms with van der Waals surface area (Å²) in [5.74, 6) is 0.000584. The van der Waals surface area contributed by atoms with E-state index in [0.717, 1.165) is 18.7 Å². The maximum absolute atomic E-state index is 11.7. The minimum absolute atomic E-state index is 0.000584. The summed E-state index contributed by atoms with van der Waals surface area (Å²) in [6.07, 6.45) is 2.65. The van der Waals surface area contributed by atoms with Crippen LogP contribution in [-0.4, -0.2) is 48.0 Å².